The fraction of sp³-hybridized carbons (Fsp3) is 0.233. The van der Waals surface area contributed by atoms with Gasteiger partial charge in [-0.1, -0.05) is 41.9 Å². The molecule has 3 aromatic heterocycles. The number of fused-ring (bicyclic) bond motifs is 1. The lowest BCUT2D eigenvalue weighted by Gasteiger charge is -2.32. The van der Waals surface area contributed by atoms with Gasteiger partial charge in [0.05, 0.1) is 22.4 Å². The molecule has 0 amide bonds. The second-order valence-electron chi connectivity index (χ2n) is 10.5. The number of hydrogen-bond acceptors (Lipinski definition) is 5. The van der Waals surface area contributed by atoms with Crippen LogP contribution in [0.25, 0.3) is 16.6 Å². The number of rotatable bonds is 6. The van der Waals surface area contributed by atoms with Crippen LogP contribution < -0.4 is 5.56 Å². The van der Waals surface area contributed by atoms with Gasteiger partial charge in [0.2, 0.25) is 15.6 Å². The Balaban J connectivity index is 1.45. The van der Waals surface area contributed by atoms with E-state index in [1.165, 1.54) is 33.4 Å². The van der Waals surface area contributed by atoms with E-state index < -0.39 is 15.4 Å². The van der Waals surface area contributed by atoms with Crippen LogP contribution in [-0.2, 0) is 28.9 Å². The Morgan fingerprint density at radius 2 is 1.85 bits per heavy atom. The summed E-state index contributed by atoms with van der Waals surface area (Å²) in [6, 6.07) is 19.2. The highest BCUT2D eigenvalue weighted by Crippen LogP contribution is 2.43. The van der Waals surface area contributed by atoms with Crippen LogP contribution in [0.1, 0.15) is 23.1 Å². The molecule has 0 radical (unpaired) electrons. The van der Waals surface area contributed by atoms with Gasteiger partial charge in [-0.3, -0.25) is 9.78 Å². The number of nitrogens with zero attached hydrogens (tertiary/aromatic N) is 5. The van der Waals surface area contributed by atoms with E-state index in [0.29, 0.717) is 25.9 Å². The molecule has 1 aliphatic rings. The predicted molar refractivity (Wildman–Crippen MR) is 155 cm³/mol. The summed E-state index contributed by atoms with van der Waals surface area (Å²) in [5.74, 6) is 0. The molecular formula is C30H28ClN5O3S. The van der Waals surface area contributed by atoms with E-state index in [0.717, 1.165) is 33.3 Å². The third-order valence-corrected chi connectivity index (χ3v) is 10.2. The van der Waals surface area contributed by atoms with E-state index >= 15 is 0 Å². The lowest BCUT2D eigenvalue weighted by atomic mass is 9.73. The van der Waals surface area contributed by atoms with Crippen molar-refractivity contribution >= 4 is 32.5 Å². The van der Waals surface area contributed by atoms with Crippen LogP contribution in [0.2, 0.25) is 5.02 Å². The molecule has 10 heteroatoms. The molecule has 0 aliphatic carbocycles. The molecule has 204 valence electrons. The molecule has 0 N–H and O–H groups in total. The second kappa shape index (κ2) is 9.99. The molecule has 1 aliphatic heterocycles. The molecule has 6 rings (SSSR count). The van der Waals surface area contributed by atoms with Gasteiger partial charge in [0.15, 0.2) is 0 Å². The van der Waals surface area contributed by atoms with Gasteiger partial charge in [0, 0.05) is 55.6 Å². The maximum Gasteiger partial charge on any atom is 0.250 e. The van der Waals surface area contributed by atoms with Gasteiger partial charge < -0.3 is 4.57 Å². The Morgan fingerprint density at radius 1 is 1.05 bits per heavy atom. The Hall–Kier alpha value is -3.79. The average Bonchev–Trinajstić information content (AvgIpc) is 3.56. The van der Waals surface area contributed by atoms with Crippen LogP contribution in [0.3, 0.4) is 0 Å². The summed E-state index contributed by atoms with van der Waals surface area (Å²) in [6.07, 6.45) is 7.72. The number of halogens is 1. The summed E-state index contributed by atoms with van der Waals surface area (Å²) in [5, 5.41) is 5.74. The molecule has 1 atom stereocenters. The SMILES string of the molecule is Cc1cc2c(cnn2-c2ccc(=O)n(C)c2)cc1C1(Cc2ccccc2)CCN(S(=O)(=O)c2cnccc2Cl)C1. The third kappa shape index (κ3) is 4.54. The van der Waals surface area contributed by atoms with Crippen molar-refractivity contribution in [1.82, 2.24) is 23.6 Å². The largest absolute Gasteiger partial charge is 0.316 e. The molecule has 0 saturated carbocycles. The molecule has 4 heterocycles. The molecule has 1 unspecified atom stereocenters. The van der Waals surface area contributed by atoms with Gasteiger partial charge in [-0.25, -0.2) is 13.1 Å². The van der Waals surface area contributed by atoms with Crippen LogP contribution >= 0.6 is 11.6 Å². The predicted octanol–water partition coefficient (Wildman–Crippen LogP) is 4.66. The number of hydrogen-bond donors (Lipinski definition) is 0. The van der Waals surface area contributed by atoms with Crippen LogP contribution in [0.5, 0.6) is 0 Å². The van der Waals surface area contributed by atoms with Crippen LogP contribution in [-0.4, -0.2) is 45.1 Å². The molecular weight excluding hydrogens is 546 g/mol. The summed E-state index contributed by atoms with van der Waals surface area (Å²) in [4.78, 5) is 16.0. The number of sulfonamides is 1. The van der Waals surface area contributed by atoms with E-state index in [9.17, 15) is 13.2 Å². The highest BCUT2D eigenvalue weighted by molar-refractivity contribution is 7.89. The standard InChI is InChI=1S/C30H28ClN5O3S/c1-21-14-27-23(17-33-36(27)24-8-9-29(37)34(2)19-24)15-25(21)30(16-22-6-4-3-5-7-22)11-13-35(20-30)40(38,39)28-18-32-12-10-26(28)31/h3-10,12,14-15,17-19H,11,13,16,20H2,1-2H3. The van der Waals surface area contributed by atoms with Crippen molar-refractivity contribution in [3.8, 4) is 5.69 Å². The molecule has 2 aromatic carbocycles. The molecule has 5 aromatic rings. The van der Waals surface area contributed by atoms with Crippen molar-refractivity contribution < 1.29 is 8.42 Å². The van der Waals surface area contributed by atoms with Crippen LogP contribution in [0.4, 0.5) is 0 Å². The number of benzene rings is 2. The maximum absolute atomic E-state index is 13.7. The first-order valence-electron chi connectivity index (χ1n) is 13.0. The molecule has 1 fully saturated rings. The van der Waals surface area contributed by atoms with Gasteiger partial charge in [-0.05, 0) is 60.7 Å². The summed E-state index contributed by atoms with van der Waals surface area (Å²) >= 11 is 6.29. The summed E-state index contributed by atoms with van der Waals surface area (Å²) in [7, 11) is -2.13. The first-order valence-corrected chi connectivity index (χ1v) is 14.8. The van der Waals surface area contributed by atoms with Crippen molar-refractivity contribution in [2.45, 2.75) is 30.1 Å². The van der Waals surface area contributed by atoms with Gasteiger partial charge in [-0.15, -0.1) is 0 Å². The molecule has 1 saturated heterocycles. The minimum absolute atomic E-state index is 0.0258. The van der Waals surface area contributed by atoms with Gasteiger partial charge >= 0.3 is 0 Å². The van der Waals surface area contributed by atoms with E-state index in [1.54, 1.807) is 19.3 Å². The van der Waals surface area contributed by atoms with Crippen LogP contribution in [0.15, 0.2) is 95.1 Å². The normalized spacial score (nSPS) is 18.0. The second-order valence-corrected chi connectivity index (χ2v) is 12.8. The number of aryl methyl sites for hydroxylation is 2. The Kier molecular flexibility index (Phi) is 6.60. The molecule has 0 spiro atoms. The summed E-state index contributed by atoms with van der Waals surface area (Å²) in [5.41, 5.74) is 4.44. The topological polar surface area (TPSA) is 90.1 Å². The fourth-order valence-electron chi connectivity index (χ4n) is 5.84. The number of aromatic nitrogens is 4. The lowest BCUT2D eigenvalue weighted by molar-refractivity contribution is 0.413. The van der Waals surface area contributed by atoms with Crippen molar-refractivity contribution in [3.63, 3.8) is 0 Å². The monoisotopic (exact) mass is 573 g/mol. The zero-order valence-electron chi connectivity index (χ0n) is 22.2. The van der Waals surface area contributed by atoms with E-state index in [4.69, 9.17) is 11.6 Å². The zero-order valence-corrected chi connectivity index (χ0v) is 23.7. The van der Waals surface area contributed by atoms with Crippen molar-refractivity contribution in [2.75, 3.05) is 13.1 Å². The van der Waals surface area contributed by atoms with Crippen molar-refractivity contribution in [3.05, 3.63) is 118 Å². The minimum atomic E-state index is -3.84. The smallest absolute Gasteiger partial charge is 0.250 e. The van der Waals surface area contributed by atoms with E-state index in [2.05, 4.69) is 41.3 Å². The lowest BCUT2D eigenvalue weighted by Crippen LogP contribution is -2.36. The first-order chi connectivity index (χ1) is 19.2. The quantitative estimate of drug-likeness (QED) is 0.295. The summed E-state index contributed by atoms with van der Waals surface area (Å²) < 4.78 is 32.3. The van der Waals surface area contributed by atoms with Gasteiger partial charge in [0.1, 0.15) is 4.90 Å². The minimum Gasteiger partial charge on any atom is -0.316 e. The Labute approximate surface area is 237 Å². The maximum atomic E-state index is 13.7. The highest BCUT2D eigenvalue weighted by Gasteiger charge is 2.45. The molecule has 8 nitrogen and oxygen atoms in total. The van der Waals surface area contributed by atoms with E-state index in [-0.39, 0.29) is 15.5 Å². The average molecular weight is 574 g/mol. The zero-order chi connectivity index (χ0) is 28.1. The Morgan fingerprint density at radius 3 is 2.60 bits per heavy atom. The first kappa shape index (κ1) is 26.4. The fourth-order valence-corrected chi connectivity index (χ4v) is 7.77. The van der Waals surface area contributed by atoms with E-state index in [1.807, 2.05) is 29.1 Å². The number of pyridine rings is 2. The summed E-state index contributed by atoms with van der Waals surface area (Å²) in [6.45, 7) is 2.75. The van der Waals surface area contributed by atoms with Gasteiger partial charge in [-0.2, -0.15) is 9.40 Å². The van der Waals surface area contributed by atoms with Crippen molar-refractivity contribution in [2.24, 2.45) is 7.05 Å². The van der Waals surface area contributed by atoms with Gasteiger partial charge in [0.25, 0.3) is 0 Å². The third-order valence-electron chi connectivity index (χ3n) is 7.86. The molecule has 40 heavy (non-hydrogen) atoms. The molecule has 0 bridgehead atoms. The van der Waals surface area contributed by atoms with Crippen LogP contribution in [0, 0.1) is 6.92 Å². The Bertz CT molecular complexity index is 1900. The van der Waals surface area contributed by atoms with Crippen molar-refractivity contribution in [1.29, 1.82) is 0 Å². The highest BCUT2D eigenvalue weighted by atomic mass is 35.5.